The first-order valence-corrected chi connectivity index (χ1v) is 38.5. The molecule has 0 bridgehead atoms. The summed E-state index contributed by atoms with van der Waals surface area (Å²) in [5, 5.41) is 91.1. The van der Waals surface area contributed by atoms with Crippen molar-refractivity contribution < 1.29 is 98.4 Å². The van der Waals surface area contributed by atoms with E-state index >= 15 is 0 Å². The first-order chi connectivity index (χ1) is 48.6. The van der Waals surface area contributed by atoms with E-state index in [1.54, 1.807) is 104 Å². The van der Waals surface area contributed by atoms with Gasteiger partial charge in [-0.2, -0.15) is 0 Å². The summed E-state index contributed by atoms with van der Waals surface area (Å²) in [5.74, 6) is -8.54. The zero-order chi connectivity index (χ0) is 77.3. The minimum Gasteiger partial charge on any atom is -0.477 e. The molecule has 12 rings (SSSR count). The van der Waals surface area contributed by atoms with Gasteiger partial charge in [-0.15, -0.1) is 47.0 Å². The minimum absolute atomic E-state index is 0.00757. The molecule has 12 aliphatic heterocycles. The van der Waals surface area contributed by atoms with Gasteiger partial charge in [-0.1, -0.05) is 27.7 Å². The number of nitrogens with zero attached hydrogens (tertiary/aromatic N) is 8. The maximum absolute atomic E-state index is 12.3. The van der Waals surface area contributed by atoms with Crippen LogP contribution < -0.4 is 21.3 Å². The number of aliphatic hydroxyl groups is 4. The van der Waals surface area contributed by atoms with Crippen LogP contribution in [0.3, 0.4) is 0 Å². The summed E-state index contributed by atoms with van der Waals surface area (Å²) >= 11 is 5.78. The number of amides is 8. The number of carbonyl (C=O) groups excluding carboxylic acids is 8. The van der Waals surface area contributed by atoms with Crippen LogP contribution in [0.1, 0.15) is 81.1 Å². The smallest absolute Gasteiger partial charge is 0.353 e. The number of β-lactam (4-membered cyclic amide) rings is 4. The molecule has 8 amide bonds. The fourth-order valence-electron chi connectivity index (χ4n) is 16.6. The van der Waals surface area contributed by atoms with Gasteiger partial charge in [-0.05, 0) is 53.4 Å². The van der Waals surface area contributed by atoms with E-state index in [2.05, 4.69) is 21.3 Å². The highest BCUT2D eigenvalue weighted by Crippen LogP contribution is 2.56. The van der Waals surface area contributed by atoms with E-state index in [4.69, 9.17) is 0 Å². The van der Waals surface area contributed by atoms with Crippen molar-refractivity contribution in [3.8, 4) is 0 Å². The van der Waals surface area contributed by atoms with Gasteiger partial charge in [0, 0.05) is 147 Å². The van der Waals surface area contributed by atoms with Crippen molar-refractivity contribution in [2.45, 2.75) is 175 Å². The number of nitrogens with one attached hydrogen (secondary N) is 4. The van der Waals surface area contributed by atoms with Gasteiger partial charge in [-0.3, -0.25) is 38.4 Å². The molecule has 12 heterocycles. The standard InChI is InChI=1S/4C17H25N3O5S/c4*1-7-12-11(8(2)21)16(23)20(12)13(17(24)25)14(7)26-9-5-10(18-6-9)15(22)19(3)4/h4*7-12,18,21H,5-6H2,1-4H3,(H,24,25)/t4*7-,8-,9+,10+,11-,12-/m1111/s1. The normalized spacial score (nSPS) is 34.6. The lowest BCUT2D eigenvalue weighted by Crippen LogP contribution is -2.63. The van der Waals surface area contributed by atoms with Crippen LogP contribution in [0, 0.1) is 47.3 Å². The third-order valence-electron chi connectivity index (χ3n) is 21.7. The van der Waals surface area contributed by atoms with Crippen molar-refractivity contribution in [2.75, 3.05) is 82.6 Å². The number of aliphatic carboxylic acids is 4. The van der Waals surface area contributed by atoms with E-state index in [1.807, 2.05) is 27.7 Å². The SMILES string of the molecule is C[C@@H](O)[C@H]1C(=O)N2C(C(=O)O)=C(S[C@@H]3CN[C@H](C(=O)N(C)C)C3)[C@H](C)[C@H]12.C[C@@H](O)[C@H]1C(=O)N2C(C(=O)O)=C(S[C@@H]3CN[C@H](C(=O)N(C)C)C3)[C@H](C)[C@H]12.C[C@@H](O)[C@H]1C(=O)N2C(C(=O)O)=C(S[C@@H]3CN[C@H](C(=O)N(C)C)C3)[C@H](C)[C@H]12.C[C@@H](O)[C@H]1C(=O)N2C(C(=O)O)=C(S[C@@H]3CN[C@H](C(=O)N(C)C)C3)[C@H](C)[C@H]12. The predicted octanol–water partition coefficient (Wildman–Crippen LogP) is -1.23. The molecule has 0 aromatic carbocycles. The van der Waals surface area contributed by atoms with E-state index in [0.29, 0.717) is 71.5 Å². The Morgan fingerprint density at radius 2 is 0.510 bits per heavy atom. The maximum Gasteiger partial charge on any atom is 0.353 e. The average Bonchev–Trinajstić information content (AvgIpc) is 1.57. The predicted molar refractivity (Wildman–Crippen MR) is 384 cm³/mol. The average molecular weight is 1530 g/mol. The molecule has 8 saturated heterocycles. The quantitative estimate of drug-likeness (QED) is 0.0635. The summed E-state index contributed by atoms with van der Waals surface area (Å²) in [7, 11) is 13.7. The third-order valence-corrected chi connectivity index (χ3v) is 27.8. The molecule has 36 heteroatoms. The zero-order valence-corrected chi connectivity index (χ0v) is 64.5. The maximum atomic E-state index is 12.3. The van der Waals surface area contributed by atoms with E-state index < -0.39 is 72.0 Å². The van der Waals surface area contributed by atoms with Gasteiger partial charge in [0.15, 0.2) is 0 Å². The molecule has 0 aromatic rings. The molecule has 0 aliphatic carbocycles. The lowest BCUT2D eigenvalue weighted by Gasteiger charge is -2.46. The van der Waals surface area contributed by atoms with Crippen molar-refractivity contribution >= 4 is 118 Å². The molecule has 32 nitrogen and oxygen atoms in total. The number of carboxylic acids is 4. The molecular weight excluding hydrogens is 1430 g/mol. The Morgan fingerprint density at radius 1 is 0.346 bits per heavy atom. The lowest BCUT2D eigenvalue weighted by atomic mass is 9.79. The van der Waals surface area contributed by atoms with Gasteiger partial charge in [0.2, 0.25) is 47.3 Å². The number of likely N-dealkylation sites (N-methyl/N-ethyl adjacent to an activating group) is 4. The molecule has 12 aliphatic rings. The summed E-state index contributed by atoms with van der Waals surface area (Å²) in [6.45, 7) is 16.3. The van der Waals surface area contributed by atoms with E-state index in [1.165, 1.54) is 66.6 Å². The van der Waals surface area contributed by atoms with Crippen molar-refractivity contribution in [1.29, 1.82) is 0 Å². The summed E-state index contributed by atoms with van der Waals surface area (Å²) in [6, 6.07) is -2.27. The molecule has 0 saturated carbocycles. The molecular formula is C68H100N12O20S4. The molecule has 24 atom stereocenters. The molecule has 576 valence electrons. The van der Waals surface area contributed by atoms with Crippen LogP contribution in [0.2, 0.25) is 0 Å². The fraction of sp³-hybridized carbons (Fsp3) is 0.706. The fourth-order valence-corrected chi connectivity index (χ4v) is 22.5. The Labute approximate surface area is 620 Å². The van der Waals surface area contributed by atoms with Crippen molar-refractivity contribution in [3.05, 3.63) is 42.4 Å². The van der Waals surface area contributed by atoms with Gasteiger partial charge in [0.25, 0.3) is 0 Å². The summed E-state index contributed by atoms with van der Waals surface area (Å²) in [4.78, 5) is 159. The lowest BCUT2D eigenvalue weighted by molar-refractivity contribution is -0.163. The van der Waals surface area contributed by atoms with Gasteiger partial charge in [-0.25, -0.2) is 19.2 Å². The van der Waals surface area contributed by atoms with Gasteiger partial charge >= 0.3 is 23.9 Å². The van der Waals surface area contributed by atoms with Crippen molar-refractivity contribution in [3.63, 3.8) is 0 Å². The molecule has 104 heavy (non-hydrogen) atoms. The van der Waals surface area contributed by atoms with Gasteiger partial charge in [0.1, 0.15) is 22.8 Å². The van der Waals surface area contributed by atoms with Crippen LogP contribution in [0.4, 0.5) is 0 Å². The Morgan fingerprint density at radius 3 is 0.644 bits per heavy atom. The number of fused-ring (bicyclic) bond motifs is 4. The number of carboxylic acid groups (broad SMARTS) is 4. The summed E-state index contributed by atoms with van der Waals surface area (Å²) < 4.78 is 0. The Balaban J connectivity index is 0.000000161. The number of aliphatic hydroxyl groups excluding tert-OH is 4. The number of hydrogen-bond donors (Lipinski definition) is 12. The number of thioether (sulfide) groups is 4. The second-order valence-electron chi connectivity index (χ2n) is 29.8. The molecule has 0 radical (unpaired) electrons. The van der Waals surface area contributed by atoms with Crippen molar-refractivity contribution in [2.24, 2.45) is 47.3 Å². The monoisotopic (exact) mass is 1530 g/mol. The topological polar surface area (TPSA) is 441 Å². The summed E-state index contributed by atoms with van der Waals surface area (Å²) in [6.07, 6.45) is -0.762. The second-order valence-corrected chi connectivity index (χ2v) is 35.1. The first kappa shape index (κ1) is 81.8. The Hall–Kier alpha value is -6.32. The minimum atomic E-state index is -1.12. The van der Waals surface area contributed by atoms with Crippen LogP contribution >= 0.6 is 47.0 Å². The number of carbonyl (C=O) groups is 12. The second kappa shape index (κ2) is 32.2. The highest BCUT2D eigenvalue weighted by Gasteiger charge is 2.64. The van der Waals surface area contributed by atoms with Crippen LogP contribution in [-0.4, -0.2) is 327 Å². The summed E-state index contributed by atoms with van der Waals surface area (Å²) in [5.41, 5.74) is 0.155. The molecule has 12 N–H and O–H groups in total. The van der Waals surface area contributed by atoms with E-state index in [-0.39, 0.29) is 163 Å². The Kier molecular flexibility index (Phi) is 25.3. The largest absolute Gasteiger partial charge is 0.477 e. The van der Waals surface area contributed by atoms with Crippen LogP contribution in [0.15, 0.2) is 42.4 Å². The van der Waals surface area contributed by atoms with Crippen molar-refractivity contribution in [1.82, 2.24) is 60.5 Å². The molecule has 0 unspecified atom stereocenters. The highest BCUT2D eigenvalue weighted by atomic mass is 32.2. The van der Waals surface area contributed by atoms with Gasteiger partial charge in [0.05, 0.1) is 96.4 Å². The zero-order valence-electron chi connectivity index (χ0n) is 61.2. The van der Waals surface area contributed by atoms with Gasteiger partial charge < -0.3 is 101 Å². The van der Waals surface area contributed by atoms with E-state index in [9.17, 15) is 98.4 Å². The molecule has 0 spiro atoms. The number of rotatable bonds is 20. The third kappa shape index (κ3) is 15.2. The van der Waals surface area contributed by atoms with E-state index in [0.717, 1.165) is 0 Å². The first-order valence-electron chi connectivity index (χ1n) is 35.0. The van der Waals surface area contributed by atoms with Crippen LogP contribution in [-0.2, 0) is 57.5 Å². The number of hydrogen-bond acceptors (Lipinski definition) is 24. The Bertz CT molecular complexity index is 3170. The van der Waals surface area contributed by atoms with Crippen LogP contribution in [0.25, 0.3) is 0 Å². The molecule has 0 aromatic heterocycles. The molecule has 8 fully saturated rings. The van der Waals surface area contributed by atoms with Crippen LogP contribution in [0.5, 0.6) is 0 Å². The highest BCUT2D eigenvalue weighted by molar-refractivity contribution is 8.04.